The molecule has 0 N–H and O–H groups in total. The van der Waals surface area contributed by atoms with Crippen LogP contribution in [-0.2, 0) is 14.8 Å². The Morgan fingerprint density at radius 2 is 2.00 bits per heavy atom. The topological polar surface area (TPSA) is 59.0 Å². The molecule has 23 heavy (non-hydrogen) atoms. The molecule has 0 amide bonds. The van der Waals surface area contributed by atoms with Crippen LogP contribution < -0.4 is 0 Å². The highest BCUT2D eigenvalue weighted by Crippen LogP contribution is 2.50. The van der Waals surface area contributed by atoms with Gasteiger partial charge in [0.05, 0.1) is 5.69 Å². The molecule has 1 atom stereocenters. The number of aliphatic imine (C=N–C) groups is 1. The van der Waals surface area contributed by atoms with E-state index < -0.39 is 10.0 Å². The number of hydrogen-bond acceptors (Lipinski definition) is 4. The van der Waals surface area contributed by atoms with Crippen LogP contribution in [0.5, 0.6) is 0 Å². The van der Waals surface area contributed by atoms with E-state index in [4.69, 9.17) is 4.74 Å². The number of fused-ring (bicyclic) bond motifs is 1. The third-order valence-corrected chi connectivity index (χ3v) is 7.52. The fourth-order valence-corrected chi connectivity index (χ4v) is 5.83. The first-order valence-electron chi connectivity index (χ1n) is 8.35. The zero-order valence-corrected chi connectivity index (χ0v) is 14.0. The van der Waals surface area contributed by atoms with Gasteiger partial charge in [0.1, 0.15) is 11.2 Å². The summed E-state index contributed by atoms with van der Waals surface area (Å²) in [5.74, 6) is 0.401. The van der Waals surface area contributed by atoms with Crippen LogP contribution in [0.3, 0.4) is 0 Å². The maximum Gasteiger partial charge on any atom is 0.267 e. The molecule has 5 nitrogen and oxygen atoms in total. The number of benzene rings is 1. The lowest BCUT2D eigenvalue weighted by molar-refractivity contribution is -0.00717. The summed E-state index contributed by atoms with van der Waals surface area (Å²) in [7, 11) is -3.47. The van der Waals surface area contributed by atoms with Crippen molar-refractivity contribution in [1.82, 2.24) is 4.31 Å². The van der Waals surface area contributed by atoms with Gasteiger partial charge in [0.2, 0.25) is 0 Å². The van der Waals surface area contributed by atoms with E-state index in [1.54, 1.807) is 18.2 Å². The Kier molecular flexibility index (Phi) is 3.69. The predicted molar refractivity (Wildman–Crippen MR) is 88.3 cm³/mol. The average Bonchev–Trinajstić information content (AvgIpc) is 2.93. The van der Waals surface area contributed by atoms with Crippen LogP contribution in [0.15, 0.2) is 34.2 Å². The first-order chi connectivity index (χ1) is 11.1. The second kappa shape index (κ2) is 5.60. The predicted octanol–water partition coefficient (Wildman–Crippen LogP) is 2.95. The summed E-state index contributed by atoms with van der Waals surface area (Å²) >= 11 is 0. The van der Waals surface area contributed by atoms with Gasteiger partial charge in [0.15, 0.2) is 0 Å². The standard InChI is InChI=1S/C17H22N2O3S/c20-23(21)16-6-2-1-5-15(16)18-13-19(23)12-14-4-3-7-17(14)8-10-22-11-9-17/h1-2,5-6,13-14H,3-4,7-12H2. The molecule has 2 fully saturated rings. The van der Waals surface area contributed by atoms with Crippen molar-refractivity contribution in [3.8, 4) is 0 Å². The minimum absolute atomic E-state index is 0.262. The lowest BCUT2D eigenvalue weighted by atomic mass is 9.72. The van der Waals surface area contributed by atoms with Crippen LogP contribution in [0.2, 0.25) is 0 Å². The van der Waals surface area contributed by atoms with Crippen molar-refractivity contribution in [2.24, 2.45) is 16.3 Å². The van der Waals surface area contributed by atoms with Crippen molar-refractivity contribution >= 4 is 22.0 Å². The number of nitrogens with zero attached hydrogens (tertiary/aromatic N) is 2. The van der Waals surface area contributed by atoms with Crippen LogP contribution in [0.1, 0.15) is 32.1 Å². The van der Waals surface area contributed by atoms with Gasteiger partial charge >= 0.3 is 0 Å². The summed E-state index contributed by atoms with van der Waals surface area (Å²) in [4.78, 5) is 4.66. The van der Waals surface area contributed by atoms with Gasteiger partial charge in [-0.05, 0) is 49.1 Å². The van der Waals surface area contributed by atoms with Gasteiger partial charge in [-0.25, -0.2) is 13.4 Å². The molecule has 3 aliphatic rings. The zero-order valence-electron chi connectivity index (χ0n) is 13.1. The molecule has 4 rings (SSSR count). The first-order valence-corrected chi connectivity index (χ1v) is 9.79. The summed E-state index contributed by atoms with van der Waals surface area (Å²) in [6.07, 6.45) is 7.10. The summed E-state index contributed by atoms with van der Waals surface area (Å²) in [6.45, 7) is 2.15. The molecular formula is C17H22N2O3S. The fourth-order valence-electron chi connectivity index (χ4n) is 4.39. The van der Waals surface area contributed by atoms with E-state index in [0.717, 1.165) is 32.5 Å². The van der Waals surface area contributed by atoms with Gasteiger partial charge in [-0.3, -0.25) is 4.31 Å². The van der Waals surface area contributed by atoms with Gasteiger partial charge in [0, 0.05) is 19.8 Å². The molecule has 124 valence electrons. The number of hydrogen-bond donors (Lipinski definition) is 0. The Hall–Kier alpha value is -1.40. The van der Waals surface area contributed by atoms with Crippen molar-refractivity contribution < 1.29 is 13.2 Å². The number of ether oxygens (including phenoxy) is 1. The van der Waals surface area contributed by atoms with Crippen molar-refractivity contribution in [2.45, 2.75) is 37.0 Å². The van der Waals surface area contributed by atoms with Crippen molar-refractivity contribution in [1.29, 1.82) is 0 Å². The first kappa shape index (κ1) is 15.1. The maximum atomic E-state index is 12.9. The van der Waals surface area contributed by atoms with E-state index in [1.807, 2.05) is 6.07 Å². The third-order valence-electron chi connectivity index (χ3n) is 5.76. The molecule has 6 heteroatoms. The Balaban J connectivity index is 1.60. The highest BCUT2D eigenvalue weighted by atomic mass is 32.2. The smallest absolute Gasteiger partial charge is 0.267 e. The van der Waals surface area contributed by atoms with Gasteiger partial charge < -0.3 is 4.74 Å². The third kappa shape index (κ3) is 2.48. The Morgan fingerprint density at radius 3 is 2.83 bits per heavy atom. The molecule has 1 unspecified atom stereocenters. The second-order valence-corrected chi connectivity index (χ2v) is 8.71. The molecule has 0 aromatic heterocycles. The van der Waals surface area contributed by atoms with E-state index in [1.165, 1.54) is 23.5 Å². The SMILES string of the molecule is O=S1(=O)c2ccccc2N=CN1CC1CCCC12CCOCC2. The molecular weight excluding hydrogens is 312 g/mol. The van der Waals surface area contributed by atoms with Gasteiger partial charge in [-0.15, -0.1) is 0 Å². The molecule has 1 saturated heterocycles. The summed E-state index contributed by atoms with van der Waals surface area (Å²) in [5.41, 5.74) is 0.800. The summed E-state index contributed by atoms with van der Waals surface area (Å²) in [5, 5.41) is 0. The number of sulfonamides is 1. The lowest BCUT2D eigenvalue weighted by Gasteiger charge is -2.40. The second-order valence-electron chi connectivity index (χ2n) is 6.85. The molecule has 0 bridgehead atoms. The zero-order chi connectivity index (χ0) is 15.9. The lowest BCUT2D eigenvalue weighted by Crippen LogP contribution is -2.42. The largest absolute Gasteiger partial charge is 0.381 e. The molecule has 1 saturated carbocycles. The molecule has 0 radical (unpaired) electrons. The van der Waals surface area contributed by atoms with Gasteiger partial charge in [-0.2, -0.15) is 0 Å². The molecule has 2 aliphatic heterocycles. The maximum absolute atomic E-state index is 12.9. The minimum atomic E-state index is -3.47. The van der Waals surface area contributed by atoms with E-state index >= 15 is 0 Å². The highest BCUT2D eigenvalue weighted by molar-refractivity contribution is 7.89. The Morgan fingerprint density at radius 1 is 1.22 bits per heavy atom. The fraction of sp³-hybridized carbons (Fsp3) is 0.588. The normalized spacial score (nSPS) is 28.0. The molecule has 2 heterocycles. The van der Waals surface area contributed by atoms with Crippen molar-refractivity contribution in [2.75, 3.05) is 19.8 Å². The van der Waals surface area contributed by atoms with Crippen LogP contribution in [-0.4, -0.2) is 38.8 Å². The van der Waals surface area contributed by atoms with E-state index in [2.05, 4.69) is 4.99 Å². The molecule has 1 aliphatic carbocycles. The highest BCUT2D eigenvalue weighted by Gasteiger charge is 2.45. The van der Waals surface area contributed by atoms with E-state index in [9.17, 15) is 8.42 Å². The quantitative estimate of drug-likeness (QED) is 0.835. The monoisotopic (exact) mass is 334 g/mol. The van der Waals surface area contributed by atoms with Crippen LogP contribution in [0, 0.1) is 11.3 Å². The molecule has 1 aromatic rings. The van der Waals surface area contributed by atoms with Crippen LogP contribution in [0.4, 0.5) is 5.69 Å². The van der Waals surface area contributed by atoms with Crippen molar-refractivity contribution in [3.63, 3.8) is 0 Å². The van der Waals surface area contributed by atoms with E-state index in [0.29, 0.717) is 23.0 Å². The number of para-hydroxylation sites is 1. The van der Waals surface area contributed by atoms with E-state index in [-0.39, 0.29) is 5.41 Å². The Labute approximate surface area is 137 Å². The van der Waals surface area contributed by atoms with Gasteiger partial charge in [0.25, 0.3) is 10.0 Å². The van der Waals surface area contributed by atoms with Crippen LogP contribution in [0.25, 0.3) is 0 Å². The Bertz CT molecular complexity index is 723. The molecule has 1 spiro atoms. The van der Waals surface area contributed by atoms with Crippen LogP contribution >= 0.6 is 0 Å². The molecule has 1 aromatic carbocycles. The van der Waals surface area contributed by atoms with Gasteiger partial charge in [-0.1, -0.05) is 18.6 Å². The van der Waals surface area contributed by atoms with Crippen molar-refractivity contribution in [3.05, 3.63) is 24.3 Å². The summed E-state index contributed by atoms with van der Waals surface area (Å²) in [6, 6.07) is 6.96. The number of rotatable bonds is 2. The minimum Gasteiger partial charge on any atom is -0.381 e. The summed E-state index contributed by atoms with van der Waals surface area (Å²) < 4.78 is 32.7. The average molecular weight is 334 g/mol.